The zero-order valence-electron chi connectivity index (χ0n) is 11.6. The van der Waals surface area contributed by atoms with E-state index in [2.05, 4.69) is 15.4 Å². The highest BCUT2D eigenvalue weighted by molar-refractivity contribution is 7.88. The molecule has 0 bridgehead atoms. The van der Waals surface area contributed by atoms with Crippen LogP contribution in [0.25, 0.3) is 11.9 Å². The SMILES string of the molecule is O=c1n(/C=C/S(=O)c2ccc(F)cc2)nnn1-c1cccnc1. The van der Waals surface area contributed by atoms with Crippen molar-refractivity contribution in [2.45, 2.75) is 4.90 Å². The van der Waals surface area contributed by atoms with Gasteiger partial charge in [0.15, 0.2) is 0 Å². The van der Waals surface area contributed by atoms with E-state index in [0.29, 0.717) is 10.6 Å². The molecule has 7 nitrogen and oxygen atoms in total. The van der Waals surface area contributed by atoms with Crippen molar-refractivity contribution in [3.8, 4) is 5.69 Å². The molecule has 0 saturated heterocycles. The maximum Gasteiger partial charge on any atom is 0.372 e. The first-order valence-electron chi connectivity index (χ1n) is 6.44. The Balaban J connectivity index is 1.84. The summed E-state index contributed by atoms with van der Waals surface area (Å²) in [4.78, 5) is 16.4. The van der Waals surface area contributed by atoms with Crippen molar-refractivity contribution in [3.05, 3.63) is 70.5 Å². The lowest BCUT2D eigenvalue weighted by molar-refractivity contribution is 0.626. The molecule has 0 radical (unpaired) electrons. The number of rotatable bonds is 4. The van der Waals surface area contributed by atoms with Crippen LogP contribution in [0.5, 0.6) is 0 Å². The van der Waals surface area contributed by atoms with Crippen LogP contribution < -0.4 is 5.69 Å². The largest absolute Gasteiger partial charge is 0.372 e. The molecule has 3 aromatic rings. The standard InChI is InChI=1S/C14H10FN5O2S/c15-11-3-5-13(6-4-11)23(22)9-8-19-14(21)20(18-17-19)12-2-1-7-16-10-12/h1-10H/b9-8+. The molecule has 0 aliphatic carbocycles. The maximum atomic E-state index is 12.8. The number of nitrogens with zero attached hydrogens (tertiary/aromatic N) is 5. The summed E-state index contributed by atoms with van der Waals surface area (Å²) in [5.41, 5.74) is -0.0536. The van der Waals surface area contributed by atoms with E-state index in [1.54, 1.807) is 18.3 Å². The Morgan fingerprint density at radius 1 is 1.13 bits per heavy atom. The second kappa shape index (κ2) is 6.44. The van der Waals surface area contributed by atoms with E-state index in [4.69, 9.17) is 0 Å². The Bertz CT molecular complexity index is 918. The normalized spacial score (nSPS) is 12.6. The zero-order chi connectivity index (χ0) is 16.2. The number of tetrazole rings is 1. The second-order valence-electron chi connectivity index (χ2n) is 4.37. The third kappa shape index (κ3) is 3.29. The Hall–Kier alpha value is -2.94. The molecule has 3 rings (SSSR count). The fourth-order valence-electron chi connectivity index (χ4n) is 1.75. The van der Waals surface area contributed by atoms with E-state index in [1.807, 2.05) is 0 Å². The van der Waals surface area contributed by atoms with Crippen LogP contribution in [0.4, 0.5) is 4.39 Å². The summed E-state index contributed by atoms with van der Waals surface area (Å²) in [5, 5.41) is 8.68. The molecule has 0 aliphatic heterocycles. The van der Waals surface area contributed by atoms with Crippen molar-refractivity contribution in [3.63, 3.8) is 0 Å². The first-order chi connectivity index (χ1) is 11.1. The van der Waals surface area contributed by atoms with Crippen molar-refractivity contribution < 1.29 is 8.60 Å². The van der Waals surface area contributed by atoms with Crippen LogP contribution in [0.2, 0.25) is 0 Å². The number of halogens is 1. The predicted octanol–water partition coefficient (Wildman–Crippen LogP) is 1.20. The Morgan fingerprint density at radius 2 is 1.91 bits per heavy atom. The number of aromatic nitrogens is 5. The highest BCUT2D eigenvalue weighted by Crippen LogP contribution is 2.09. The topological polar surface area (TPSA) is 82.7 Å². The third-order valence-electron chi connectivity index (χ3n) is 2.87. The van der Waals surface area contributed by atoms with Gasteiger partial charge in [0.05, 0.1) is 22.7 Å². The quantitative estimate of drug-likeness (QED) is 0.717. The van der Waals surface area contributed by atoms with Crippen LogP contribution in [-0.4, -0.2) is 29.0 Å². The second-order valence-corrected chi connectivity index (χ2v) is 5.70. The lowest BCUT2D eigenvalue weighted by atomic mass is 10.4. The van der Waals surface area contributed by atoms with Gasteiger partial charge in [0.25, 0.3) is 0 Å². The van der Waals surface area contributed by atoms with Crippen LogP contribution in [0.15, 0.2) is 63.9 Å². The molecule has 0 N–H and O–H groups in total. The van der Waals surface area contributed by atoms with Crippen molar-refractivity contribution in [1.29, 1.82) is 0 Å². The van der Waals surface area contributed by atoms with Gasteiger partial charge in [0.1, 0.15) is 5.82 Å². The molecule has 0 fully saturated rings. The van der Waals surface area contributed by atoms with Crippen LogP contribution in [0, 0.1) is 5.82 Å². The van der Waals surface area contributed by atoms with Gasteiger partial charge in [-0.15, -0.1) is 0 Å². The molecule has 2 aromatic heterocycles. The molecule has 0 aliphatic rings. The van der Waals surface area contributed by atoms with E-state index in [9.17, 15) is 13.4 Å². The fourth-order valence-corrected chi connectivity index (χ4v) is 2.54. The zero-order valence-corrected chi connectivity index (χ0v) is 12.4. The molecule has 2 heterocycles. The van der Waals surface area contributed by atoms with Gasteiger partial charge in [0.2, 0.25) is 0 Å². The van der Waals surface area contributed by atoms with E-state index < -0.39 is 22.3 Å². The molecule has 1 unspecified atom stereocenters. The van der Waals surface area contributed by atoms with Crippen LogP contribution in [-0.2, 0) is 10.8 Å². The van der Waals surface area contributed by atoms with Crippen LogP contribution >= 0.6 is 0 Å². The summed E-state index contributed by atoms with van der Waals surface area (Å²) in [5.74, 6) is -0.412. The predicted molar refractivity (Wildman–Crippen MR) is 81.6 cm³/mol. The minimum Gasteiger partial charge on any atom is -0.262 e. The Kier molecular flexibility index (Phi) is 4.20. The monoisotopic (exact) mass is 331 g/mol. The highest BCUT2D eigenvalue weighted by Gasteiger charge is 2.07. The minimum atomic E-state index is -1.53. The van der Waals surface area contributed by atoms with Crippen molar-refractivity contribution in [2.24, 2.45) is 0 Å². The Labute approximate surface area is 132 Å². The van der Waals surface area contributed by atoms with E-state index in [0.717, 1.165) is 9.36 Å². The highest BCUT2D eigenvalue weighted by atomic mass is 32.2. The summed E-state index contributed by atoms with van der Waals surface area (Å²) in [6.45, 7) is 0. The van der Waals surface area contributed by atoms with Gasteiger partial charge < -0.3 is 0 Å². The third-order valence-corrected chi connectivity index (χ3v) is 3.97. The van der Waals surface area contributed by atoms with Gasteiger partial charge in [-0.3, -0.25) is 4.98 Å². The number of pyridine rings is 1. The number of benzene rings is 1. The molecule has 1 aromatic carbocycles. The first kappa shape index (κ1) is 15.0. The first-order valence-corrected chi connectivity index (χ1v) is 7.66. The maximum absolute atomic E-state index is 12.8. The van der Waals surface area contributed by atoms with Crippen molar-refractivity contribution >= 4 is 17.0 Å². The minimum absolute atomic E-state index is 0.412. The molecule has 9 heteroatoms. The number of hydrogen-bond donors (Lipinski definition) is 0. The average molecular weight is 331 g/mol. The van der Waals surface area contributed by atoms with Gasteiger partial charge in [-0.2, -0.15) is 9.36 Å². The van der Waals surface area contributed by atoms with Gasteiger partial charge in [-0.1, -0.05) is 0 Å². The van der Waals surface area contributed by atoms with Gasteiger partial charge in [0, 0.05) is 22.7 Å². The lowest BCUT2D eigenvalue weighted by Gasteiger charge is -1.96. The van der Waals surface area contributed by atoms with Crippen LogP contribution in [0.1, 0.15) is 0 Å². The summed E-state index contributed by atoms with van der Waals surface area (Å²) in [7, 11) is -1.53. The number of hydrogen-bond acceptors (Lipinski definition) is 5. The summed E-state index contributed by atoms with van der Waals surface area (Å²) >= 11 is 0. The van der Waals surface area contributed by atoms with E-state index in [1.165, 1.54) is 42.1 Å². The molecule has 0 spiro atoms. The average Bonchev–Trinajstić information content (AvgIpc) is 2.95. The van der Waals surface area contributed by atoms with Gasteiger partial charge >= 0.3 is 5.69 Å². The molecular formula is C14H10FN5O2S. The van der Waals surface area contributed by atoms with E-state index in [-0.39, 0.29) is 0 Å². The molecular weight excluding hydrogens is 321 g/mol. The summed E-state index contributed by atoms with van der Waals surface area (Å²) in [6.07, 6.45) is 4.30. The molecule has 116 valence electrons. The Morgan fingerprint density at radius 3 is 2.61 bits per heavy atom. The molecule has 23 heavy (non-hydrogen) atoms. The lowest BCUT2D eigenvalue weighted by Crippen LogP contribution is -2.21. The van der Waals surface area contributed by atoms with Crippen molar-refractivity contribution in [2.75, 3.05) is 0 Å². The van der Waals surface area contributed by atoms with Gasteiger partial charge in [-0.25, -0.2) is 13.4 Å². The van der Waals surface area contributed by atoms with Gasteiger partial charge in [-0.05, 0) is 46.8 Å². The smallest absolute Gasteiger partial charge is 0.262 e. The molecule has 0 saturated carbocycles. The molecule has 0 amide bonds. The molecule has 1 atom stereocenters. The van der Waals surface area contributed by atoms with Crippen LogP contribution in [0.3, 0.4) is 0 Å². The van der Waals surface area contributed by atoms with Crippen molar-refractivity contribution in [1.82, 2.24) is 24.8 Å². The fraction of sp³-hybridized carbons (Fsp3) is 0. The summed E-state index contributed by atoms with van der Waals surface area (Å²) in [6, 6.07) is 8.57. The summed E-state index contributed by atoms with van der Waals surface area (Å²) < 4.78 is 26.9. The van der Waals surface area contributed by atoms with E-state index >= 15 is 0 Å².